The summed E-state index contributed by atoms with van der Waals surface area (Å²) in [6, 6.07) is 12.4. The van der Waals surface area contributed by atoms with Crippen molar-refractivity contribution in [3.05, 3.63) is 71.0 Å². The van der Waals surface area contributed by atoms with E-state index in [1.807, 2.05) is 20.8 Å². The number of rotatable bonds is 9. The molecule has 1 N–H and O–H groups in total. The predicted molar refractivity (Wildman–Crippen MR) is 124 cm³/mol. The van der Waals surface area contributed by atoms with E-state index in [4.69, 9.17) is 0 Å². The standard InChI is InChI=1S/C24H26F3N3O4S/c1-4-13-30-20(21(23(31)32)22(28-30)15(2)3)14-16-9-11-17(12-10-16)18-7-5-6-8-19(18)29-35(33,34)24(25,26)27/h5-12,15,29H,4,13-14H2,1-3H3,(H,31,32)/p-1. The van der Waals surface area contributed by atoms with E-state index < -0.39 is 21.5 Å². The number of sulfonamides is 1. The van der Waals surface area contributed by atoms with E-state index in [-0.39, 0.29) is 29.2 Å². The van der Waals surface area contributed by atoms with Crippen LogP contribution in [0.4, 0.5) is 18.9 Å². The maximum Gasteiger partial charge on any atom is 0.516 e. The van der Waals surface area contributed by atoms with Gasteiger partial charge in [0, 0.05) is 24.1 Å². The maximum absolute atomic E-state index is 12.8. The van der Waals surface area contributed by atoms with Gasteiger partial charge in [-0.3, -0.25) is 9.40 Å². The number of aromatic nitrogens is 2. The molecule has 7 nitrogen and oxygen atoms in total. The van der Waals surface area contributed by atoms with Gasteiger partial charge in [-0.15, -0.1) is 0 Å². The average molecular weight is 509 g/mol. The topological polar surface area (TPSA) is 104 Å². The Hall–Kier alpha value is -3.34. The lowest BCUT2D eigenvalue weighted by atomic mass is 9.98. The number of carbonyl (C=O) groups excluding carboxylic acids is 1. The summed E-state index contributed by atoms with van der Waals surface area (Å²) in [6.45, 7) is 6.20. The van der Waals surface area contributed by atoms with Crippen molar-refractivity contribution in [1.29, 1.82) is 0 Å². The molecule has 0 saturated carbocycles. The first-order valence-corrected chi connectivity index (χ1v) is 12.4. The number of aryl methyl sites for hydroxylation is 1. The lowest BCUT2D eigenvalue weighted by Crippen LogP contribution is -2.30. The SMILES string of the molecule is CCCn1nc(C(C)C)c(C(=O)[O-])c1Cc1ccc(-c2ccccc2NS(=O)(=O)C(F)(F)F)cc1. The summed E-state index contributed by atoms with van der Waals surface area (Å²) in [6.07, 6.45) is 1.01. The van der Waals surface area contributed by atoms with E-state index in [9.17, 15) is 31.5 Å². The van der Waals surface area contributed by atoms with E-state index in [1.165, 1.54) is 18.2 Å². The van der Waals surface area contributed by atoms with Crippen LogP contribution >= 0.6 is 0 Å². The van der Waals surface area contributed by atoms with Crippen LogP contribution in [0.5, 0.6) is 0 Å². The highest BCUT2D eigenvalue weighted by molar-refractivity contribution is 7.93. The van der Waals surface area contributed by atoms with Gasteiger partial charge in [-0.1, -0.05) is 63.2 Å². The molecule has 0 fully saturated rings. The molecule has 0 bridgehead atoms. The van der Waals surface area contributed by atoms with Gasteiger partial charge < -0.3 is 9.90 Å². The number of carboxylic acids is 1. The first-order chi connectivity index (χ1) is 16.4. The van der Waals surface area contributed by atoms with Crippen LogP contribution in [0.25, 0.3) is 11.1 Å². The normalized spacial score (nSPS) is 12.2. The molecule has 0 radical (unpaired) electrons. The van der Waals surface area contributed by atoms with Crippen molar-refractivity contribution in [2.75, 3.05) is 4.72 Å². The second-order valence-corrected chi connectivity index (χ2v) is 10.0. The number of benzene rings is 2. The number of halogens is 3. The first kappa shape index (κ1) is 26.3. The van der Waals surface area contributed by atoms with Gasteiger partial charge in [0.1, 0.15) is 0 Å². The smallest absolute Gasteiger partial charge is 0.516 e. The fourth-order valence-corrected chi connectivity index (χ4v) is 4.33. The van der Waals surface area contributed by atoms with Crippen LogP contribution in [0.1, 0.15) is 60.4 Å². The Morgan fingerprint density at radius 3 is 2.29 bits per heavy atom. The van der Waals surface area contributed by atoms with Crippen molar-refractivity contribution in [3.8, 4) is 11.1 Å². The highest BCUT2D eigenvalue weighted by atomic mass is 32.2. The third-order valence-electron chi connectivity index (χ3n) is 5.38. The fraction of sp³-hybridized carbons (Fsp3) is 0.333. The minimum Gasteiger partial charge on any atom is -0.545 e. The summed E-state index contributed by atoms with van der Waals surface area (Å²) in [5.74, 6) is -1.41. The van der Waals surface area contributed by atoms with Crippen LogP contribution in [0.15, 0.2) is 48.5 Å². The molecule has 0 aliphatic carbocycles. The van der Waals surface area contributed by atoms with Crippen LogP contribution in [-0.2, 0) is 23.0 Å². The number of alkyl halides is 3. The number of carbonyl (C=O) groups is 1. The zero-order chi connectivity index (χ0) is 26.0. The van der Waals surface area contributed by atoms with E-state index in [0.717, 1.165) is 12.0 Å². The zero-order valence-corrected chi connectivity index (χ0v) is 20.2. The number of hydrogen-bond acceptors (Lipinski definition) is 5. The molecule has 0 atom stereocenters. The summed E-state index contributed by atoms with van der Waals surface area (Å²) in [5, 5.41) is 16.4. The number of anilines is 1. The molecule has 0 unspecified atom stereocenters. The van der Waals surface area contributed by atoms with Crippen LogP contribution in [0.3, 0.4) is 0 Å². The molecule has 3 aromatic rings. The molecule has 0 aliphatic heterocycles. The number of nitrogens with zero attached hydrogens (tertiary/aromatic N) is 2. The molecule has 2 aromatic carbocycles. The second-order valence-electron chi connectivity index (χ2n) is 8.34. The maximum atomic E-state index is 12.8. The van der Waals surface area contributed by atoms with E-state index in [2.05, 4.69) is 5.10 Å². The zero-order valence-electron chi connectivity index (χ0n) is 19.4. The van der Waals surface area contributed by atoms with Crippen LogP contribution in [0.2, 0.25) is 0 Å². The molecule has 0 saturated heterocycles. The lowest BCUT2D eigenvalue weighted by molar-refractivity contribution is -0.255. The van der Waals surface area contributed by atoms with Crippen molar-refractivity contribution in [2.45, 2.75) is 51.6 Å². The highest BCUT2D eigenvalue weighted by Gasteiger charge is 2.46. The van der Waals surface area contributed by atoms with Crippen molar-refractivity contribution >= 4 is 21.7 Å². The number of para-hydroxylation sites is 1. The quantitative estimate of drug-likeness (QED) is 0.464. The minimum absolute atomic E-state index is 0.0735. The minimum atomic E-state index is -5.58. The van der Waals surface area contributed by atoms with E-state index >= 15 is 0 Å². The van der Waals surface area contributed by atoms with Crippen molar-refractivity contribution in [1.82, 2.24) is 9.78 Å². The van der Waals surface area contributed by atoms with Crippen molar-refractivity contribution < 1.29 is 31.5 Å². The van der Waals surface area contributed by atoms with Gasteiger partial charge in [0.2, 0.25) is 0 Å². The van der Waals surface area contributed by atoms with Crippen molar-refractivity contribution in [2.24, 2.45) is 0 Å². The van der Waals surface area contributed by atoms with Crippen LogP contribution in [-0.4, -0.2) is 29.7 Å². The Bertz CT molecular complexity index is 1310. The predicted octanol–water partition coefficient (Wildman–Crippen LogP) is 4.30. The number of nitrogens with one attached hydrogen (secondary N) is 1. The summed E-state index contributed by atoms with van der Waals surface area (Å²) in [5.41, 5.74) is -3.12. The summed E-state index contributed by atoms with van der Waals surface area (Å²) in [4.78, 5) is 11.9. The summed E-state index contributed by atoms with van der Waals surface area (Å²) < 4.78 is 65.0. The van der Waals surface area contributed by atoms with Gasteiger partial charge in [-0.2, -0.15) is 26.7 Å². The monoisotopic (exact) mass is 508 g/mol. The molecular formula is C24H25F3N3O4S-. The largest absolute Gasteiger partial charge is 0.545 e. The lowest BCUT2D eigenvalue weighted by Gasteiger charge is -2.15. The Morgan fingerprint density at radius 2 is 1.74 bits per heavy atom. The Labute approximate surface area is 201 Å². The van der Waals surface area contributed by atoms with Gasteiger partial charge in [-0.25, -0.2) is 0 Å². The van der Waals surface area contributed by atoms with Crippen LogP contribution < -0.4 is 9.83 Å². The second kappa shape index (κ2) is 10.1. The molecule has 188 valence electrons. The first-order valence-electron chi connectivity index (χ1n) is 10.9. The Kier molecular flexibility index (Phi) is 7.59. The van der Waals surface area contributed by atoms with Gasteiger partial charge in [0.05, 0.1) is 23.0 Å². The van der Waals surface area contributed by atoms with Gasteiger partial charge >= 0.3 is 15.5 Å². The third-order valence-corrected chi connectivity index (χ3v) is 6.48. The van der Waals surface area contributed by atoms with Gasteiger partial charge in [-0.05, 0) is 29.5 Å². The Balaban J connectivity index is 1.96. The molecule has 0 aliphatic rings. The number of carboxylic acid groups (broad SMARTS) is 1. The third kappa shape index (κ3) is 5.67. The molecule has 0 spiro atoms. The summed E-state index contributed by atoms with van der Waals surface area (Å²) in [7, 11) is -5.58. The summed E-state index contributed by atoms with van der Waals surface area (Å²) >= 11 is 0. The fourth-order valence-electron chi connectivity index (χ4n) is 3.74. The molecule has 3 rings (SSSR count). The number of hydrogen-bond donors (Lipinski definition) is 1. The van der Waals surface area contributed by atoms with Crippen molar-refractivity contribution in [3.63, 3.8) is 0 Å². The van der Waals surface area contributed by atoms with E-state index in [0.29, 0.717) is 23.5 Å². The molecule has 1 heterocycles. The van der Waals surface area contributed by atoms with E-state index in [1.54, 1.807) is 39.7 Å². The molecular weight excluding hydrogens is 483 g/mol. The van der Waals surface area contributed by atoms with Gasteiger partial charge in [0.25, 0.3) is 0 Å². The molecule has 0 amide bonds. The highest BCUT2D eigenvalue weighted by Crippen LogP contribution is 2.33. The molecule has 11 heteroatoms. The molecule has 1 aromatic heterocycles. The molecule has 35 heavy (non-hydrogen) atoms. The van der Waals surface area contributed by atoms with Gasteiger partial charge in [0.15, 0.2) is 0 Å². The average Bonchev–Trinajstić information content (AvgIpc) is 3.12. The van der Waals surface area contributed by atoms with Crippen LogP contribution in [0, 0.1) is 0 Å². The Morgan fingerprint density at radius 1 is 1.11 bits per heavy atom. The number of aromatic carboxylic acids is 1.